The lowest BCUT2D eigenvalue weighted by molar-refractivity contribution is -0.128. The van der Waals surface area contributed by atoms with Gasteiger partial charge in [-0.2, -0.15) is 0 Å². The summed E-state index contributed by atoms with van der Waals surface area (Å²) in [7, 11) is 0. The number of rotatable bonds is 1. The van der Waals surface area contributed by atoms with Crippen molar-refractivity contribution in [3.05, 3.63) is 30.2 Å². The molecule has 4 rings (SSSR count). The van der Waals surface area contributed by atoms with Crippen LogP contribution in [0.3, 0.4) is 0 Å². The third kappa shape index (κ3) is 1.61. The number of furan rings is 1. The summed E-state index contributed by atoms with van der Waals surface area (Å²) in [6.45, 7) is 0. The average molecular weight is 272 g/mol. The van der Waals surface area contributed by atoms with Crippen LogP contribution in [0.1, 0.15) is 24.5 Å². The van der Waals surface area contributed by atoms with E-state index in [0.29, 0.717) is 24.1 Å². The number of aromatic nitrogens is 1. The van der Waals surface area contributed by atoms with Crippen molar-refractivity contribution in [2.75, 3.05) is 0 Å². The molecule has 2 unspecified atom stereocenters. The fourth-order valence-electron chi connectivity index (χ4n) is 2.72. The molecule has 102 valence electrons. The topological polar surface area (TPSA) is 88.5 Å². The first-order chi connectivity index (χ1) is 9.72. The van der Waals surface area contributed by atoms with Gasteiger partial charge in [0.15, 0.2) is 5.58 Å². The number of aliphatic hydroxyl groups excluding tert-OH is 1. The maximum Gasteiger partial charge on any atom is 0.231 e. The van der Waals surface area contributed by atoms with Gasteiger partial charge >= 0.3 is 0 Å². The number of piperidine rings is 1. The summed E-state index contributed by atoms with van der Waals surface area (Å²) in [4.78, 5) is 12.0. The van der Waals surface area contributed by atoms with E-state index >= 15 is 0 Å². The van der Waals surface area contributed by atoms with Crippen molar-refractivity contribution in [3.63, 3.8) is 0 Å². The van der Waals surface area contributed by atoms with E-state index in [1.807, 2.05) is 12.1 Å². The van der Waals surface area contributed by atoms with Crippen molar-refractivity contribution in [1.82, 2.24) is 10.5 Å². The van der Waals surface area contributed by atoms with Gasteiger partial charge in [0.05, 0.1) is 12.2 Å². The van der Waals surface area contributed by atoms with Crippen LogP contribution in [0.15, 0.2) is 33.4 Å². The zero-order chi connectivity index (χ0) is 13.7. The molecule has 1 fully saturated rings. The first kappa shape index (κ1) is 11.5. The molecule has 20 heavy (non-hydrogen) atoms. The normalized spacial score (nSPS) is 23.4. The van der Waals surface area contributed by atoms with Crippen molar-refractivity contribution < 1.29 is 18.8 Å². The van der Waals surface area contributed by atoms with Crippen LogP contribution >= 0.6 is 0 Å². The van der Waals surface area contributed by atoms with Crippen LogP contribution in [-0.2, 0) is 4.79 Å². The summed E-state index contributed by atoms with van der Waals surface area (Å²) in [5.74, 6) is -0.602. The fourth-order valence-corrected chi connectivity index (χ4v) is 2.72. The van der Waals surface area contributed by atoms with Gasteiger partial charge in [-0.1, -0.05) is 5.16 Å². The number of hydrogen-bond donors (Lipinski definition) is 2. The quantitative estimate of drug-likeness (QED) is 0.706. The predicted octanol–water partition coefficient (Wildman–Crippen LogP) is 1.89. The lowest BCUT2D eigenvalue weighted by Crippen LogP contribution is -2.42. The lowest BCUT2D eigenvalue weighted by atomic mass is 9.92. The zero-order valence-electron chi connectivity index (χ0n) is 10.5. The van der Waals surface area contributed by atoms with Crippen LogP contribution in [0, 0.1) is 0 Å². The monoisotopic (exact) mass is 272 g/mol. The average Bonchev–Trinajstić information content (AvgIpc) is 3.02. The summed E-state index contributed by atoms with van der Waals surface area (Å²) in [5, 5.41) is 17.8. The smallest absolute Gasteiger partial charge is 0.231 e. The van der Waals surface area contributed by atoms with Gasteiger partial charge in [-0.15, -0.1) is 0 Å². The molecule has 2 atom stereocenters. The Morgan fingerprint density at radius 1 is 1.30 bits per heavy atom. The molecule has 0 bridgehead atoms. The maximum atomic E-state index is 12.0. The van der Waals surface area contributed by atoms with Crippen LogP contribution in [0.4, 0.5) is 0 Å². The SMILES string of the molecule is O=C1NC(O)CCC1c1noc2cc3occc3cc12. The molecule has 0 spiro atoms. The van der Waals surface area contributed by atoms with Crippen molar-refractivity contribution in [2.24, 2.45) is 0 Å². The van der Waals surface area contributed by atoms with Crippen LogP contribution < -0.4 is 5.32 Å². The molecule has 0 saturated carbocycles. The van der Waals surface area contributed by atoms with Crippen LogP contribution in [0.2, 0.25) is 0 Å². The Morgan fingerprint density at radius 2 is 2.20 bits per heavy atom. The third-order valence-electron chi connectivity index (χ3n) is 3.76. The first-order valence-electron chi connectivity index (χ1n) is 6.47. The molecule has 1 aromatic carbocycles. The van der Waals surface area contributed by atoms with Gasteiger partial charge in [0.25, 0.3) is 0 Å². The Bertz CT molecular complexity index is 804. The van der Waals surface area contributed by atoms with Crippen molar-refractivity contribution >= 4 is 27.8 Å². The van der Waals surface area contributed by atoms with E-state index in [1.54, 1.807) is 12.3 Å². The fraction of sp³-hybridized carbons (Fsp3) is 0.286. The lowest BCUT2D eigenvalue weighted by Gasteiger charge is -2.24. The van der Waals surface area contributed by atoms with Crippen molar-refractivity contribution in [1.29, 1.82) is 0 Å². The minimum Gasteiger partial charge on any atom is -0.464 e. The second-order valence-electron chi connectivity index (χ2n) is 5.03. The van der Waals surface area contributed by atoms with E-state index in [2.05, 4.69) is 10.5 Å². The third-order valence-corrected chi connectivity index (χ3v) is 3.76. The largest absolute Gasteiger partial charge is 0.464 e. The molecule has 1 aliphatic rings. The van der Waals surface area contributed by atoms with Gasteiger partial charge in [-0.05, 0) is 25.0 Å². The Morgan fingerprint density at radius 3 is 3.05 bits per heavy atom. The highest BCUT2D eigenvalue weighted by Crippen LogP contribution is 2.33. The molecule has 6 nitrogen and oxygen atoms in total. The van der Waals surface area contributed by atoms with Gasteiger partial charge < -0.3 is 19.4 Å². The summed E-state index contributed by atoms with van der Waals surface area (Å²) < 4.78 is 10.6. The van der Waals surface area contributed by atoms with Crippen molar-refractivity contribution in [2.45, 2.75) is 25.0 Å². The second-order valence-corrected chi connectivity index (χ2v) is 5.03. The maximum absolute atomic E-state index is 12.0. The van der Waals surface area contributed by atoms with E-state index < -0.39 is 6.23 Å². The Balaban J connectivity index is 1.85. The van der Waals surface area contributed by atoms with Crippen LogP contribution in [-0.4, -0.2) is 22.4 Å². The van der Waals surface area contributed by atoms with Crippen LogP contribution in [0.25, 0.3) is 21.9 Å². The highest BCUT2D eigenvalue weighted by Gasteiger charge is 2.32. The molecule has 1 amide bonds. The Labute approximate surface area is 113 Å². The molecule has 0 aliphatic carbocycles. The summed E-state index contributed by atoms with van der Waals surface area (Å²) in [6.07, 6.45) is 1.91. The van der Waals surface area contributed by atoms with Gasteiger partial charge in [0.2, 0.25) is 5.91 Å². The number of carbonyl (C=O) groups is 1. The number of hydrogen-bond acceptors (Lipinski definition) is 5. The van der Waals surface area contributed by atoms with E-state index in [-0.39, 0.29) is 11.8 Å². The molecule has 0 radical (unpaired) electrons. The summed E-state index contributed by atoms with van der Waals surface area (Å²) in [6, 6.07) is 5.55. The number of amides is 1. The summed E-state index contributed by atoms with van der Waals surface area (Å²) in [5.41, 5.74) is 1.94. The second kappa shape index (κ2) is 4.08. The highest BCUT2D eigenvalue weighted by molar-refractivity contribution is 5.97. The molecule has 2 N–H and O–H groups in total. The van der Waals surface area contributed by atoms with Gasteiger partial charge in [0, 0.05) is 16.8 Å². The molecular formula is C14H12N2O4. The number of aliphatic hydroxyl groups is 1. The minimum atomic E-state index is -0.766. The molecular weight excluding hydrogens is 260 g/mol. The van der Waals surface area contributed by atoms with E-state index in [4.69, 9.17) is 8.94 Å². The number of fused-ring (bicyclic) bond motifs is 2. The van der Waals surface area contributed by atoms with Crippen molar-refractivity contribution in [3.8, 4) is 0 Å². The molecule has 3 aromatic rings. The minimum absolute atomic E-state index is 0.216. The van der Waals surface area contributed by atoms with Gasteiger partial charge in [-0.25, -0.2) is 0 Å². The Hall–Kier alpha value is -2.34. The first-order valence-corrected chi connectivity index (χ1v) is 6.47. The van der Waals surface area contributed by atoms with E-state index in [0.717, 1.165) is 16.4 Å². The molecule has 1 aliphatic heterocycles. The number of nitrogens with zero attached hydrogens (tertiary/aromatic N) is 1. The molecule has 6 heteroatoms. The number of benzene rings is 1. The van der Waals surface area contributed by atoms with Gasteiger partial charge in [0.1, 0.15) is 17.5 Å². The Kier molecular flexibility index (Phi) is 2.34. The zero-order valence-corrected chi connectivity index (χ0v) is 10.5. The highest BCUT2D eigenvalue weighted by atomic mass is 16.5. The standard InChI is InChI=1S/C14H12N2O4/c17-12-2-1-8(14(18)15-12)13-9-5-7-3-4-19-10(7)6-11(9)20-16-13/h3-6,8,12,17H,1-2H2,(H,15,18). The molecule has 3 heterocycles. The number of carbonyl (C=O) groups excluding carboxylic acids is 1. The van der Waals surface area contributed by atoms with Crippen LogP contribution in [0.5, 0.6) is 0 Å². The summed E-state index contributed by atoms with van der Waals surface area (Å²) >= 11 is 0. The van der Waals surface area contributed by atoms with E-state index in [9.17, 15) is 9.90 Å². The molecule has 1 saturated heterocycles. The van der Waals surface area contributed by atoms with E-state index in [1.165, 1.54) is 0 Å². The predicted molar refractivity (Wildman–Crippen MR) is 69.9 cm³/mol. The molecule has 2 aromatic heterocycles. The number of nitrogens with one attached hydrogen (secondary N) is 1. The van der Waals surface area contributed by atoms with Gasteiger partial charge in [-0.3, -0.25) is 4.79 Å².